The van der Waals surface area contributed by atoms with Gasteiger partial charge >= 0.3 is 0 Å². The summed E-state index contributed by atoms with van der Waals surface area (Å²) in [5.74, 6) is 0.364. The van der Waals surface area contributed by atoms with E-state index in [0.29, 0.717) is 47.9 Å². The van der Waals surface area contributed by atoms with Crippen molar-refractivity contribution in [3.63, 3.8) is 0 Å². The molecule has 0 radical (unpaired) electrons. The van der Waals surface area contributed by atoms with E-state index in [0.717, 1.165) is 66.3 Å². The molecular weight excluding hydrogens is 591 g/mol. The minimum atomic E-state index is -0.679. The Kier molecular flexibility index (Phi) is 10.5. The Morgan fingerprint density at radius 1 is 1.20 bits per heavy atom. The number of ether oxygens (including phenoxy) is 1. The summed E-state index contributed by atoms with van der Waals surface area (Å²) in [7, 11) is 1.55. The quantitative estimate of drug-likeness (QED) is 0.241. The third-order valence-corrected chi connectivity index (χ3v) is 8.93. The van der Waals surface area contributed by atoms with Gasteiger partial charge in [-0.3, -0.25) is 9.20 Å². The van der Waals surface area contributed by atoms with Gasteiger partial charge in [0.25, 0.3) is 5.91 Å². The SMILES string of the molecule is COc1cc2c(cc1C(=O)NCCCN1CCC(F)CC1)sc1nc(-c3ccc(C4CCNC4)cc3F)cn12.Cl.Cl. The third kappa shape index (κ3) is 6.62. The van der Waals surface area contributed by atoms with Crippen molar-refractivity contribution in [2.45, 2.75) is 37.8 Å². The molecule has 4 heterocycles. The van der Waals surface area contributed by atoms with Gasteiger partial charge in [0.05, 0.1) is 28.6 Å². The summed E-state index contributed by atoms with van der Waals surface area (Å²) < 4.78 is 36.8. The molecule has 7 nitrogen and oxygen atoms in total. The lowest BCUT2D eigenvalue weighted by atomic mass is 9.96. The van der Waals surface area contributed by atoms with Gasteiger partial charge in [-0.05, 0) is 68.5 Å². The van der Waals surface area contributed by atoms with E-state index in [9.17, 15) is 9.18 Å². The zero-order valence-electron chi connectivity index (χ0n) is 22.8. The molecule has 0 saturated carbocycles. The molecule has 2 saturated heterocycles. The molecule has 41 heavy (non-hydrogen) atoms. The Bertz CT molecular complexity index is 1500. The van der Waals surface area contributed by atoms with Crippen molar-refractivity contribution < 1.29 is 18.3 Å². The van der Waals surface area contributed by atoms with E-state index in [2.05, 4.69) is 15.5 Å². The molecule has 0 aliphatic carbocycles. The van der Waals surface area contributed by atoms with Gasteiger partial charge in [-0.1, -0.05) is 17.4 Å². The van der Waals surface area contributed by atoms with Gasteiger partial charge in [0.15, 0.2) is 4.96 Å². The zero-order chi connectivity index (χ0) is 26.9. The molecule has 6 rings (SSSR count). The van der Waals surface area contributed by atoms with E-state index < -0.39 is 6.17 Å². The number of rotatable bonds is 8. The number of aromatic nitrogens is 2. The average Bonchev–Trinajstić information content (AvgIpc) is 3.68. The first kappa shape index (κ1) is 31.4. The van der Waals surface area contributed by atoms with Gasteiger partial charge < -0.3 is 20.3 Å². The van der Waals surface area contributed by atoms with Crippen LogP contribution in [-0.2, 0) is 0 Å². The van der Waals surface area contributed by atoms with Gasteiger partial charge in [-0.2, -0.15) is 0 Å². The van der Waals surface area contributed by atoms with E-state index >= 15 is 4.39 Å². The van der Waals surface area contributed by atoms with Gasteiger partial charge in [0, 0.05) is 44.0 Å². The number of amides is 1. The number of fused-ring (bicyclic) bond motifs is 3. The first-order valence-corrected chi connectivity index (χ1v) is 14.5. The van der Waals surface area contributed by atoms with Crippen molar-refractivity contribution in [1.82, 2.24) is 24.9 Å². The molecule has 12 heteroatoms. The van der Waals surface area contributed by atoms with Crippen LogP contribution in [0, 0.1) is 5.82 Å². The molecule has 0 spiro atoms. The smallest absolute Gasteiger partial charge is 0.255 e. The second kappa shape index (κ2) is 13.6. The maximum absolute atomic E-state index is 15.1. The number of piperidine rings is 1. The van der Waals surface area contributed by atoms with E-state index in [1.54, 1.807) is 13.2 Å². The second-order valence-electron chi connectivity index (χ2n) is 10.5. The number of nitrogens with one attached hydrogen (secondary N) is 2. The van der Waals surface area contributed by atoms with Crippen molar-refractivity contribution in [3.05, 3.63) is 53.5 Å². The summed E-state index contributed by atoms with van der Waals surface area (Å²) in [5.41, 5.74) is 3.40. The van der Waals surface area contributed by atoms with E-state index in [1.807, 2.05) is 34.9 Å². The molecule has 2 aromatic carbocycles. The van der Waals surface area contributed by atoms with Crippen LogP contribution in [0.25, 0.3) is 26.4 Å². The van der Waals surface area contributed by atoms with Crippen LogP contribution in [0.3, 0.4) is 0 Å². The van der Waals surface area contributed by atoms with Crippen molar-refractivity contribution in [1.29, 1.82) is 0 Å². The minimum Gasteiger partial charge on any atom is -0.496 e. The van der Waals surface area contributed by atoms with Gasteiger partial charge in [0.1, 0.15) is 17.7 Å². The third-order valence-electron chi connectivity index (χ3n) is 7.91. The van der Waals surface area contributed by atoms with Crippen LogP contribution in [0.1, 0.15) is 47.5 Å². The Morgan fingerprint density at radius 2 is 2.00 bits per heavy atom. The van der Waals surface area contributed by atoms with Crippen LogP contribution >= 0.6 is 36.2 Å². The van der Waals surface area contributed by atoms with Crippen molar-refractivity contribution in [3.8, 4) is 17.0 Å². The summed E-state index contributed by atoms with van der Waals surface area (Å²) in [5, 5.41) is 6.32. The molecule has 0 bridgehead atoms. The number of benzene rings is 2. The lowest BCUT2D eigenvalue weighted by molar-refractivity contribution is 0.0947. The summed E-state index contributed by atoms with van der Waals surface area (Å²) in [6.45, 7) is 4.78. The summed E-state index contributed by atoms with van der Waals surface area (Å²) >= 11 is 1.45. The maximum atomic E-state index is 15.1. The number of hydrogen-bond acceptors (Lipinski definition) is 6. The van der Waals surface area contributed by atoms with Gasteiger partial charge in [0.2, 0.25) is 0 Å². The predicted molar refractivity (Wildman–Crippen MR) is 165 cm³/mol. The normalized spacial score (nSPS) is 17.9. The molecule has 1 amide bonds. The number of methoxy groups -OCH3 is 1. The minimum absolute atomic E-state index is 0. The monoisotopic (exact) mass is 625 g/mol. The van der Waals surface area contributed by atoms with Crippen LogP contribution in [0.15, 0.2) is 36.5 Å². The average molecular weight is 627 g/mol. The highest BCUT2D eigenvalue weighted by atomic mass is 35.5. The fraction of sp³-hybridized carbons (Fsp3) is 0.448. The van der Waals surface area contributed by atoms with E-state index in [1.165, 1.54) is 11.3 Å². The molecule has 222 valence electrons. The van der Waals surface area contributed by atoms with Gasteiger partial charge in [-0.25, -0.2) is 13.8 Å². The number of imidazole rings is 1. The van der Waals surface area contributed by atoms with Crippen LogP contribution in [0.5, 0.6) is 5.75 Å². The summed E-state index contributed by atoms with van der Waals surface area (Å²) in [6.07, 6.45) is 4.17. The van der Waals surface area contributed by atoms with Crippen LogP contribution in [0.4, 0.5) is 8.78 Å². The Labute approximate surface area is 254 Å². The predicted octanol–water partition coefficient (Wildman–Crippen LogP) is 5.84. The second-order valence-corrected chi connectivity index (χ2v) is 11.5. The number of likely N-dealkylation sites (tertiary alicyclic amines) is 1. The lowest BCUT2D eigenvalue weighted by Crippen LogP contribution is -2.36. The fourth-order valence-electron chi connectivity index (χ4n) is 5.66. The number of carbonyl (C=O) groups is 1. The van der Waals surface area contributed by atoms with Crippen molar-refractivity contribution >= 4 is 57.2 Å². The number of nitrogens with zero attached hydrogens (tertiary/aromatic N) is 3. The number of alkyl halides is 1. The zero-order valence-corrected chi connectivity index (χ0v) is 25.3. The van der Waals surface area contributed by atoms with Crippen LogP contribution in [0.2, 0.25) is 0 Å². The van der Waals surface area contributed by atoms with E-state index in [-0.39, 0.29) is 36.5 Å². The molecule has 2 aliphatic rings. The highest BCUT2D eigenvalue weighted by molar-refractivity contribution is 7.23. The lowest BCUT2D eigenvalue weighted by Gasteiger charge is -2.28. The largest absolute Gasteiger partial charge is 0.496 e. The number of hydrogen-bond donors (Lipinski definition) is 2. The molecule has 1 atom stereocenters. The molecule has 2 aromatic heterocycles. The summed E-state index contributed by atoms with van der Waals surface area (Å²) in [4.78, 5) is 20.7. The van der Waals surface area contributed by atoms with E-state index in [4.69, 9.17) is 9.72 Å². The van der Waals surface area contributed by atoms with Crippen molar-refractivity contribution in [2.75, 3.05) is 46.4 Å². The first-order valence-electron chi connectivity index (χ1n) is 13.6. The standard InChI is InChI=1S/C29H33F2N5O2S.2ClH/c1-38-26-15-25-27(14-22(26)28(37)33-8-2-10-35-11-6-20(30)7-12-35)39-29-34-24(17-36(25)29)21-4-3-18(13-23(21)31)19-5-9-32-16-19;;/h3-4,13-15,17,19-20,32H,2,5-12,16H2,1H3,(H,33,37);2*1H. The van der Waals surface area contributed by atoms with Crippen molar-refractivity contribution in [2.24, 2.45) is 0 Å². The number of carbonyl (C=O) groups excluding carboxylic acids is 1. The molecular formula is C29H35Cl2F2N5O2S. The highest BCUT2D eigenvalue weighted by Gasteiger charge is 2.22. The highest BCUT2D eigenvalue weighted by Crippen LogP contribution is 2.35. The Balaban J connectivity index is 0.00000194. The maximum Gasteiger partial charge on any atom is 0.255 e. The number of thiazole rings is 1. The van der Waals surface area contributed by atoms with Gasteiger partial charge in [-0.15, -0.1) is 24.8 Å². The molecule has 1 unspecified atom stereocenters. The fourth-order valence-corrected chi connectivity index (χ4v) is 6.69. The molecule has 2 aliphatic heterocycles. The van der Waals surface area contributed by atoms with Crippen LogP contribution in [-0.4, -0.2) is 72.7 Å². The molecule has 2 N–H and O–H groups in total. The molecule has 4 aromatic rings. The summed E-state index contributed by atoms with van der Waals surface area (Å²) in [6, 6.07) is 9.13. The molecule has 2 fully saturated rings. The topological polar surface area (TPSA) is 70.9 Å². The Morgan fingerprint density at radius 3 is 2.71 bits per heavy atom. The first-order chi connectivity index (χ1) is 19.0. The Hall–Kier alpha value is -2.50. The number of halogens is 4. The van der Waals surface area contributed by atoms with Crippen LogP contribution < -0.4 is 15.4 Å².